The lowest BCUT2D eigenvalue weighted by Crippen LogP contribution is -2.31. The number of rotatable bonds is 6. The Morgan fingerprint density at radius 3 is 2.61 bits per heavy atom. The molecule has 1 saturated heterocycles. The molecule has 0 aliphatic carbocycles. The van der Waals surface area contributed by atoms with Crippen molar-refractivity contribution in [2.45, 2.75) is 31.7 Å². The number of nitrogens with zero attached hydrogens (tertiary/aromatic N) is 1. The van der Waals surface area contributed by atoms with Gasteiger partial charge in [-0.05, 0) is 49.1 Å². The molecule has 1 atom stereocenters. The number of amides is 2. The molecular formula is C21H21BrF2N2O2. The van der Waals surface area contributed by atoms with Crippen molar-refractivity contribution in [1.82, 2.24) is 10.2 Å². The van der Waals surface area contributed by atoms with Crippen LogP contribution in [0.15, 0.2) is 46.9 Å². The number of halogens is 3. The van der Waals surface area contributed by atoms with E-state index in [1.807, 2.05) is 29.2 Å². The van der Waals surface area contributed by atoms with Crippen LogP contribution in [0.25, 0.3) is 0 Å². The minimum atomic E-state index is -0.900. The molecule has 28 heavy (non-hydrogen) atoms. The van der Waals surface area contributed by atoms with Gasteiger partial charge in [-0.2, -0.15) is 0 Å². The minimum absolute atomic E-state index is 0.0487. The van der Waals surface area contributed by atoms with E-state index in [4.69, 9.17) is 0 Å². The van der Waals surface area contributed by atoms with Gasteiger partial charge in [-0.1, -0.05) is 28.1 Å². The van der Waals surface area contributed by atoms with Crippen LogP contribution in [0.5, 0.6) is 0 Å². The van der Waals surface area contributed by atoms with E-state index in [-0.39, 0.29) is 24.1 Å². The van der Waals surface area contributed by atoms with Crippen LogP contribution in [0.1, 0.15) is 47.6 Å². The van der Waals surface area contributed by atoms with Gasteiger partial charge in [0.2, 0.25) is 5.91 Å². The first-order valence-corrected chi connectivity index (χ1v) is 10.0. The predicted molar refractivity (Wildman–Crippen MR) is 106 cm³/mol. The topological polar surface area (TPSA) is 49.4 Å². The summed E-state index contributed by atoms with van der Waals surface area (Å²) in [7, 11) is 0. The largest absolute Gasteiger partial charge is 0.352 e. The first-order chi connectivity index (χ1) is 13.5. The van der Waals surface area contributed by atoms with Crippen molar-refractivity contribution in [1.29, 1.82) is 0 Å². The van der Waals surface area contributed by atoms with E-state index in [0.29, 0.717) is 18.9 Å². The highest BCUT2D eigenvalue weighted by molar-refractivity contribution is 9.10. The number of hydrogen-bond donors (Lipinski definition) is 1. The lowest BCUT2D eigenvalue weighted by Gasteiger charge is -2.25. The number of nitrogens with one attached hydrogen (secondary N) is 1. The highest BCUT2D eigenvalue weighted by Gasteiger charge is 2.29. The fourth-order valence-corrected chi connectivity index (χ4v) is 3.72. The van der Waals surface area contributed by atoms with Crippen molar-refractivity contribution in [3.8, 4) is 0 Å². The van der Waals surface area contributed by atoms with Gasteiger partial charge in [0.1, 0.15) is 11.6 Å². The fraction of sp³-hybridized carbons (Fsp3) is 0.333. The summed E-state index contributed by atoms with van der Waals surface area (Å²) in [5.74, 6) is -2.19. The van der Waals surface area contributed by atoms with Crippen LogP contribution in [0.2, 0.25) is 0 Å². The molecule has 0 radical (unpaired) electrons. The molecule has 1 N–H and O–H groups in total. The number of likely N-dealkylation sites (tertiary alicyclic amines) is 1. The van der Waals surface area contributed by atoms with E-state index in [2.05, 4.69) is 21.2 Å². The van der Waals surface area contributed by atoms with E-state index in [1.54, 1.807) is 0 Å². The number of carbonyl (C=O) groups excluding carboxylic acids is 2. The maximum atomic E-state index is 13.6. The molecule has 2 aromatic carbocycles. The van der Waals surface area contributed by atoms with Gasteiger partial charge < -0.3 is 10.2 Å². The first kappa shape index (κ1) is 20.5. The van der Waals surface area contributed by atoms with Gasteiger partial charge in [0, 0.05) is 30.0 Å². The minimum Gasteiger partial charge on any atom is -0.352 e. The SMILES string of the molecule is O=C(NCCCC(=O)N1CCCC1c1ccc(Br)cc1)c1ccc(F)cc1F. The summed E-state index contributed by atoms with van der Waals surface area (Å²) in [6.45, 7) is 0.977. The molecule has 2 aromatic rings. The maximum absolute atomic E-state index is 13.6. The summed E-state index contributed by atoms with van der Waals surface area (Å²) in [5, 5.41) is 2.58. The standard InChI is InChI=1S/C21H21BrF2N2O2/c22-15-7-5-14(6-8-15)19-3-2-12-26(19)20(27)4-1-11-25-21(28)17-10-9-16(23)13-18(17)24/h5-10,13,19H,1-4,11-12H2,(H,25,28). The van der Waals surface area contributed by atoms with Crippen molar-refractivity contribution < 1.29 is 18.4 Å². The van der Waals surface area contributed by atoms with E-state index in [0.717, 1.165) is 41.6 Å². The zero-order chi connectivity index (χ0) is 20.1. The Kier molecular flexibility index (Phi) is 6.78. The highest BCUT2D eigenvalue weighted by Crippen LogP contribution is 2.33. The molecule has 1 aliphatic heterocycles. The van der Waals surface area contributed by atoms with Crippen molar-refractivity contribution in [3.05, 3.63) is 69.7 Å². The monoisotopic (exact) mass is 450 g/mol. The van der Waals surface area contributed by atoms with Crippen LogP contribution >= 0.6 is 15.9 Å². The second-order valence-electron chi connectivity index (χ2n) is 6.78. The Bertz CT molecular complexity index is 858. The van der Waals surface area contributed by atoms with Gasteiger partial charge in [-0.3, -0.25) is 9.59 Å². The van der Waals surface area contributed by atoms with Crippen molar-refractivity contribution in [2.75, 3.05) is 13.1 Å². The van der Waals surface area contributed by atoms with Crippen LogP contribution in [0.4, 0.5) is 8.78 Å². The van der Waals surface area contributed by atoms with Crippen LogP contribution in [0.3, 0.4) is 0 Å². The number of carbonyl (C=O) groups is 2. The van der Waals surface area contributed by atoms with Gasteiger partial charge >= 0.3 is 0 Å². The third-order valence-electron chi connectivity index (χ3n) is 4.86. The Morgan fingerprint density at radius 1 is 1.14 bits per heavy atom. The van der Waals surface area contributed by atoms with E-state index in [9.17, 15) is 18.4 Å². The second kappa shape index (κ2) is 9.28. The Labute approximate surface area is 171 Å². The molecule has 0 aromatic heterocycles. The van der Waals surface area contributed by atoms with Gasteiger partial charge in [-0.15, -0.1) is 0 Å². The smallest absolute Gasteiger partial charge is 0.254 e. The molecule has 0 saturated carbocycles. The molecule has 0 spiro atoms. The second-order valence-corrected chi connectivity index (χ2v) is 7.70. The lowest BCUT2D eigenvalue weighted by molar-refractivity contribution is -0.132. The zero-order valence-electron chi connectivity index (χ0n) is 15.3. The van der Waals surface area contributed by atoms with Gasteiger partial charge in [-0.25, -0.2) is 8.78 Å². The average molecular weight is 451 g/mol. The molecule has 3 rings (SSSR count). The quantitative estimate of drug-likeness (QED) is 0.653. The van der Waals surface area contributed by atoms with Gasteiger partial charge in [0.15, 0.2) is 0 Å². The summed E-state index contributed by atoms with van der Waals surface area (Å²) < 4.78 is 27.5. The van der Waals surface area contributed by atoms with E-state index in [1.165, 1.54) is 0 Å². The third-order valence-corrected chi connectivity index (χ3v) is 5.39. The molecule has 0 bridgehead atoms. The van der Waals surface area contributed by atoms with E-state index < -0.39 is 17.5 Å². The molecule has 1 aliphatic rings. The molecule has 148 valence electrons. The average Bonchev–Trinajstić information content (AvgIpc) is 3.15. The molecule has 4 nitrogen and oxygen atoms in total. The summed E-state index contributed by atoms with van der Waals surface area (Å²) in [6.07, 6.45) is 2.66. The molecule has 2 amide bonds. The lowest BCUT2D eigenvalue weighted by atomic mass is 10.0. The summed E-state index contributed by atoms with van der Waals surface area (Å²) in [6, 6.07) is 10.9. The van der Waals surface area contributed by atoms with Crippen LogP contribution in [-0.2, 0) is 4.79 Å². The van der Waals surface area contributed by atoms with Gasteiger partial charge in [0.25, 0.3) is 5.91 Å². The normalized spacial score (nSPS) is 16.2. The molecular weight excluding hydrogens is 430 g/mol. The summed E-state index contributed by atoms with van der Waals surface area (Å²) >= 11 is 3.42. The van der Waals surface area contributed by atoms with Crippen molar-refractivity contribution in [2.24, 2.45) is 0 Å². The van der Waals surface area contributed by atoms with Gasteiger partial charge in [0.05, 0.1) is 11.6 Å². The maximum Gasteiger partial charge on any atom is 0.254 e. The molecule has 7 heteroatoms. The van der Waals surface area contributed by atoms with E-state index >= 15 is 0 Å². The van der Waals surface area contributed by atoms with Crippen molar-refractivity contribution >= 4 is 27.7 Å². The summed E-state index contributed by atoms with van der Waals surface area (Å²) in [4.78, 5) is 26.5. The molecule has 1 unspecified atom stereocenters. The zero-order valence-corrected chi connectivity index (χ0v) is 16.8. The number of hydrogen-bond acceptors (Lipinski definition) is 2. The molecule has 1 heterocycles. The van der Waals surface area contributed by atoms with Crippen LogP contribution in [0, 0.1) is 11.6 Å². The summed E-state index contributed by atoms with van der Waals surface area (Å²) in [5.41, 5.74) is 0.914. The molecule has 1 fully saturated rings. The first-order valence-electron chi connectivity index (χ1n) is 9.24. The Hall–Kier alpha value is -2.28. The third kappa shape index (κ3) is 4.95. The van der Waals surface area contributed by atoms with Crippen LogP contribution < -0.4 is 5.32 Å². The fourth-order valence-electron chi connectivity index (χ4n) is 3.45. The predicted octanol–water partition coefficient (Wildman–Crippen LogP) is 4.60. The van der Waals surface area contributed by atoms with Crippen molar-refractivity contribution in [3.63, 3.8) is 0 Å². The Balaban J connectivity index is 1.48. The number of benzene rings is 2. The highest BCUT2D eigenvalue weighted by atomic mass is 79.9. The van der Waals surface area contributed by atoms with Crippen LogP contribution in [-0.4, -0.2) is 29.8 Å². The Morgan fingerprint density at radius 2 is 1.89 bits per heavy atom.